The van der Waals surface area contributed by atoms with Crippen molar-refractivity contribution in [2.75, 3.05) is 19.8 Å². The van der Waals surface area contributed by atoms with Crippen molar-refractivity contribution in [1.82, 2.24) is 5.32 Å². The summed E-state index contributed by atoms with van der Waals surface area (Å²) >= 11 is 0. The van der Waals surface area contributed by atoms with Gasteiger partial charge in [0, 0.05) is 12.6 Å². The minimum atomic E-state index is 0.168. The van der Waals surface area contributed by atoms with Crippen molar-refractivity contribution < 1.29 is 9.47 Å². The van der Waals surface area contributed by atoms with Crippen LogP contribution in [0.5, 0.6) is 5.75 Å². The van der Waals surface area contributed by atoms with Gasteiger partial charge in [0.25, 0.3) is 0 Å². The molecular weight excluding hydrogens is 190 g/mol. The van der Waals surface area contributed by atoms with E-state index in [1.54, 1.807) is 0 Å². The maximum absolute atomic E-state index is 5.62. The molecule has 0 saturated carbocycles. The fourth-order valence-electron chi connectivity index (χ4n) is 1.54. The third-order valence-corrected chi connectivity index (χ3v) is 2.46. The van der Waals surface area contributed by atoms with Gasteiger partial charge < -0.3 is 14.8 Å². The lowest BCUT2D eigenvalue weighted by atomic mass is 10.2. The molecule has 1 aliphatic heterocycles. The van der Waals surface area contributed by atoms with Crippen molar-refractivity contribution in [1.29, 1.82) is 0 Å². The molecule has 1 aliphatic rings. The highest BCUT2D eigenvalue weighted by molar-refractivity contribution is 5.20. The number of hydrogen-bond donors (Lipinski definition) is 1. The van der Waals surface area contributed by atoms with Crippen LogP contribution in [0.15, 0.2) is 30.3 Å². The number of ether oxygens (including phenoxy) is 2. The molecule has 82 valence electrons. The van der Waals surface area contributed by atoms with E-state index in [9.17, 15) is 0 Å². The monoisotopic (exact) mass is 207 g/mol. The Bertz CT molecular complexity index is 281. The van der Waals surface area contributed by atoms with E-state index in [0.29, 0.717) is 12.6 Å². The molecule has 1 aromatic carbocycles. The molecule has 3 nitrogen and oxygen atoms in total. The van der Waals surface area contributed by atoms with Crippen LogP contribution in [0.4, 0.5) is 0 Å². The highest BCUT2D eigenvalue weighted by Gasteiger charge is 2.18. The summed E-state index contributed by atoms with van der Waals surface area (Å²) in [5.41, 5.74) is 0. The molecule has 2 unspecified atom stereocenters. The topological polar surface area (TPSA) is 30.5 Å². The standard InChI is InChI=1S/C12H17NO2/c1-10-8-14-12(7-13-10)9-15-11-5-3-2-4-6-11/h2-6,10,12-13H,7-9H2,1H3. The lowest BCUT2D eigenvalue weighted by molar-refractivity contribution is -0.0165. The van der Waals surface area contributed by atoms with Gasteiger partial charge in [-0.25, -0.2) is 0 Å². The summed E-state index contributed by atoms with van der Waals surface area (Å²) in [6.07, 6.45) is 0.168. The Kier molecular flexibility index (Phi) is 3.59. The summed E-state index contributed by atoms with van der Waals surface area (Å²) in [6, 6.07) is 10.3. The number of para-hydroxylation sites is 1. The van der Waals surface area contributed by atoms with Crippen molar-refractivity contribution in [3.63, 3.8) is 0 Å². The predicted molar refractivity (Wildman–Crippen MR) is 59.1 cm³/mol. The van der Waals surface area contributed by atoms with E-state index in [1.165, 1.54) is 0 Å². The summed E-state index contributed by atoms with van der Waals surface area (Å²) in [5, 5.41) is 3.36. The first-order valence-corrected chi connectivity index (χ1v) is 5.37. The van der Waals surface area contributed by atoms with Crippen molar-refractivity contribution in [2.24, 2.45) is 0 Å². The fourth-order valence-corrected chi connectivity index (χ4v) is 1.54. The third-order valence-electron chi connectivity index (χ3n) is 2.46. The summed E-state index contributed by atoms with van der Waals surface area (Å²) in [4.78, 5) is 0. The summed E-state index contributed by atoms with van der Waals surface area (Å²) < 4.78 is 11.2. The molecule has 1 fully saturated rings. The van der Waals surface area contributed by atoms with E-state index >= 15 is 0 Å². The van der Waals surface area contributed by atoms with Gasteiger partial charge in [-0.15, -0.1) is 0 Å². The van der Waals surface area contributed by atoms with Gasteiger partial charge in [0.2, 0.25) is 0 Å². The summed E-state index contributed by atoms with van der Waals surface area (Å²) in [5.74, 6) is 0.903. The second-order valence-electron chi connectivity index (χ2n) is 3.89. The zero-order valence-electron chi connectivity index (χ0n) is 8.98. The molecule has 1 saturated heterocycles. The van der Waals surface area contributed by atoms with Crippen LogP contribution in [-0.2, 0) is 4.74 Å². The van der Waals surface area contributed by atoms with Crippen molar-refractivity contribution in [3.05, 3.63) is 30.3 Å². The van der Waals surface area contributed by atoms with Crippen LogP contribution in [0, 0.1) is 0 Å². The molecule has 1 aromatic rings. The summed E-state index contributed by atoms with van der Waals surface area (Å²) in [7, 11) is 0. The molecule has 1 heterocycles. The largest absolute Gasteiger partial charge is 0.491 e. The van der Waals surface area contributed by atoms with Crippen LogP contribution in [0.2, 0.25) is 0 Å². The van der Waals surface area contributed by atoms with E-state index in [0.717, 1.165) is 18.9 Å². The van der Waals surface area contributed by atoms with Gasteiger partial charge in [-0.1, -0.05) is 18.2 Å². The average Bonchev–Trinajstić information content (AvgIpc) is 2.30. The molecule has 0 bridgehead atoms. The van der Waals surface area contributed by atoms with Crippen molar-refractivity contribution in [3.8, 4) is 5.75 Å². The van der Waals surface area contributed by atoms with Crippen LogP contribution >= 0.6 is 0 Å². The Balaban J connectivity index is 1.74. The van der Waals surface area contributed by atoms with E-state index in [2.05, 4.69) is 12.2 Å². The number of nitrogens with one attached hydrogen (secondary N) is 1. The second-order valence-corrected chi connectivity index (χ2v) is 3.89. The zero-order chi connectivity index (χ0) is 10.5. The lowest BCUT2D eigenvalue weighted by Gasteiger charge is -2.28. The quantitative estimate of drug-likeness (QED) is 0.813. The molecule has 0 spiro atoms. The van der Waals surface area contributed by atoms with Crippen LogP contribution in [0.3, 0.4) is 0 Å². The average molecular weight is 207 g/mol. The normalized spacial score (nSPS) is 26.2. The minimum Gasteiger partial charge on any atom is -0.491 e. The number of rotatable bonds is 3. The van der Waals surface area contributed by atoms with Crippen molar-refractivity contribution in [2.45, 2.75) is 19.1 Å². The molecule has 2 atom stereocenters. The molecule has 3 heteroatoms. The molecule has 0 aromatic heterocycles. The Morgan fingerprint density at radius 1 is 1.40 bits per heavy atom. The van der Waals surface area contributed by atoms with Gasteiger partial charge in [0.15, 0.2) is 0 Å². The van der Waals surface area contributed by atoms with E-state index in [1.807, 2.05) is 30.3 Å². The maximum Gasteiger partial charge on any atom is 0.119 e. The molecule has 1 N–H and O–H groups in total. The van der Waals surface area contributed by atoms with Gasteiger partial charge in [-0.3, -0.25) is 0 Å². The SMILES string of the molecule is CC1COC(COc2ccccc2)CN1. The van der Waals surface area contributed by atoms with E-state index in [-0.39, 0.29) is 6.10 Å². The highest BCUT2D eigenvalue weighted by atomic mass is 16.5. The molecule has 0 aliphatic carbocycles. The molecular formula is C12H17NO2. The van der Waals surface area contributed by atoms with E-state index < -0.39 is 0 Å². The van der Waals surface area contributed by atoms with E-state index in [4.69, 9.17) is 9.47 Å². The van der Waals surface area contributed by atoms with Gasteiger partial charge in [0.05, 0.1) is 6.61 Å². The third kappa shape index (κ3) is 3.22. The Morgan fingerprint density at radius 2 is 2.20 bits per heavy atom. The van der Waals surface area contributed by atoms with Gasteiger partial charge >= 0.3 is 0 Å². The second kappa shape index (κ2) is 5.14. The van der Waals surface area contributed by atoms with Crippen LogP contribution in [0.25, 0.3) is 0 Å². The Hall–Kier alpha value is -1.06. The predicted octanol–water partition coefficient (Wildman–Crippen LogP) is 1.44. The van der Waals surface area contributed by atoms with Crippen LogP contribution in [0.1, 0.15) is 6.92 Å². The first kappa shape index (κ1) is 10.5. The fraction of sp³-hybridized carbons (Fsp3) is 0.500. The van der Waals surface area contributed by atoms with Gasteiger partial charge in [-0.05, 0) is 19.1 Å². The minimum absolute atomic E-state index is 0.168. The Labute approximate surface area is 90.4 Å². The van der Waals surface area contributed by atoms with Gasteiger partial charge in [-0.2, -0.15) is 0 Å². The Morgan fingerprint density at radius 3 is 2.87 bits per heavy atom. The molecule has 0 amide bonds. The van der Waals surface area contributed by atoms with Crippen molar-refractivity contribution >= 4 is 0 Å². The van der Waals surface area contributed by atoms with Gasteiger partial charge in [0.1, 0.15) is 18.5 Å². The van der Waals surface area contributed by atoms with Crippen LogP contribution < -0.4 is 10.1 Å². The maximum atomic E-state index is 5.62. The number of morpholine rings is 1. The zero-order valence-corrected chi connectivity index (χ0v) is 8.98. The first-order chi connectivity index (χ1) is 7.34. The number of benzene rings is 1. The first-order valence-electron chi connectivity index (χ1n) is 5.37. The smallest absolute Gasteiger partial charge is 0.119 e. The molecule has 0 radical (unpaired) electrons. The molecule has 15 heavy (non-hydrogen) atoms. The lowest BCUT2D eigenvalue weighted by Crippen LogP contribution is -2.46. The summed E-state index contributed by atoms with van der Waals surface area (Å²) in [6.45, 7) is 4.37. The number of hydrogen-bond acceptors (Lipinski definition) is 3. The molecule has 2 rings (SSSR count). The highest BCUT2D eigenvalue weighted by Crippen LogP contribution is 2.10. The van der Waals surface area contributed by atoms with Crippen LogP contribution in [-0.4, -0.2) is 31.9 Å².